The van der Waals surface area contributed by atoms with Gasteiger partial charge in [-0.25, -0.2) is 8.42 Å². The van der Waals surface area contributed by atoms with Crippen LogP contribution in [0.5, 0.6) is 0 Å². The van der Waals surface area contributed by atoms with Crippen LogP contribution >= 0.6 is 15.9 Å². The lowest BCUT2D eigenvalue weighted by molar-refractivity contribution is 0.597. The highest BCUT2D eigenvalue weighted by atomic mass is 79.9. The van der Waals surface area contributed by atoms with E-state index in [1.807, 2.05) is 26.0 Å². The van der Waals surface area contributed by atoms with Gasteiger partial charge in [-0.3, -0.25) is 4.72 Å². The number of benzene rings is 1. The molecule has 0 aliphatic carbocycles. The van der Waals surface area contributed by atoms with E-state index in [2.05, 4.69) is 20.7 Å². The fourth-order valence-corrected chi connectivity index (χ4v) is 2.98. The van der Waals surface area contributed by atoms with Crippen molar-refractivity contribution >= 4 is 31.6 Å². The fraction of sp³-hybridized carbons (Fsp3) is 0.364. The number of halogens is 1. The summed E-state index contributed by atoms with van der Waals surface area (Å²) in [4.78, 5) is 0. The Morgan fingerprint density at radius 3 is 2.24 bits per heavy atom. The van der Waals surface area contributed by atoms with Crippen molar-refractivity contribution < 1.29 is 8.42 Å². The SMILES string of the molecule is Cc1cc(Br)cc(C)c1NS(=O)(=O)C(C)C#N. The van der Waals surface area contributed by atoms with Gasteiger partial charge in [0, 0.05) is 4.47 Å². The Labute approximate surface area is 110 Å². The van der Waals surface area contributed by atoms with E-state index in [1.165, 1.54) is 6.92 Å². The zero-order chi connectivity index (χ0) is 13.2. The number of nitriles is 1. The third-order valence-electron chi connectivity index (χ3n) is 2.39. The monoisotopic (exact) mass is 316 g/mol. The van der Waals surface area contributed by atoms with Crippen LogP contribution in [0, 0.1) is 25.2 Å². The van der Waals surface area contributed by atoms with Crippen molar-refractivity contribution in [3.63, 3.8) is 0 Å². The second-order valence-electron chi connectivity index (χ2n) is 3.83. The predicted molar refractivity (Wildman–Crippen MR) is 71.2 cm³/mol. The summed E-state index contributed by atoms with van der Waals surface area (Å²) in [5.41, 5.74) is 2.16. The molecule has 0 spiro atoms. The Hall–Kier alpha value is -1.06. The minimum Gasteiger partial charge on any atom is -0.282 e. The van der Waals surface area contributed by atoms with Crippen LogP contribution < -0.4 is 4.72 Å². The lowest BCUT2D eigenvalue weighted by atomic mass is 10.1. The Kier molecular flexibility index (Phi) is 4.17. The zero-order valence-corrected chi connectivity index (χ0v) is 12.2. The third kappa shape index (κ3) is 3.20. The summed E-state index contributed by atoms with van der Waals surface area (Å²) in [6, 6.07) is 5.36. The first kappa shape index (κ1) is 14.0. The van der Waals surface area contributed by atoms with E-state index in [-0.39, 0.29) is 0 Å². The fourth-order valence-electron chi connectivity index (χ4n) is 1.37. The molecule has 0 aliphatic rings. The number of anilines is 1. The number of hydrogen-bond acceptors (Lipinski definition) is 3. The van der Waals surface area contributed by atoms with E-state index in [0.29, 0.717) is 5.69 Å². The molecule has 0 radical (unpaired) electrons. The molecule has 0 aromatic heterocycles. The van der Waals surface area contributed by atoms with Crippen LogP contribution in [-0.4, -0.2) is 13.7 Å². The standard InChI is InChI=1S/C11H13BrN2O2S/c1-7-4-10(12)5-8(2)11(7)14-17(15,16)9(3)6-13/h4-5,9,14H,1-3H3. The second kappa shape index (κ2) is 5.07. The second-order valence-corrected chi connectivity index (χ2v) is 6.75. The predicted octanol–water partition coefficient (Wildman–Crippen LogP) is 2.72. The maximum Gasteiger partial charge on any atom is 0.248 e. The van der Waals surface area contributed by atoms with E-state index in [4.69, 9.17) is 5.26 Å². The molecule has 0 aliphatic heterocycles. The van der Waals surface area contributed by atoms with Gasteiger partial charge in [-0.2, -0.15) is 5.26 Å². The van der Waals surface area contributed by atoms with Crippen molar-refractivity contribution in [3.05, 3.63) is 27.7 Å². The molecule has 1 rings (SSSR count). The molecule has 0 amide bonds. The Morgan fingerprint density at radius 2 is 1.82 bits per heavy atom. The third-order valence-corrected chi connectivity index (χ3v) is 4.37. The molecule has 1 unspecified atom stereocenters. The normalized spacial score (nSPS) is 12.9. The lowest BCUT2D eigenvalue weighted by Gasteiger charge is -2.14. The quantitative estimate of drug-likeness (QED) is 0.932. The van der Waals surface area contributed by atoms with Gasteiger partial charge in [-0.05, 0) is 44.0 Å². The van der Waals surface area contributed by atoms with Crippen LogP contribution in [0.25, 0.3) is 0 Å². The van der Waals surface area contributed by atoms with E-state index >= 15 is 0 Å². The summed E-state index contributed by atoms with van der Waals surface area (Å²) in [5, 5.41) is 7.58. The summed E-state index contributed by atoms with van der Waals surface area (Å²) in [5.74, 6) is 0. The van der Waals surface area contributed by atoms with Gasteiger partial charge >= 0.3 is 0 Å². The van der Waals surface area contributed by atoms with Gasteiger partial charge in [0.15, 0.2) is 5.25 Å². The Bertz CT molecular complexity index is 553. The van der Waals surface area contributed by atoms with Crippen molar-refractivity contribution in [2.75, 3.05) is 4.72 Å². The molecule has 0 saturated heterocycles. The molecular formula is C11H13BrN2O2S. The van der Waals surface area contributed by atoms with Crippen LogP contribution in [0.15, 0.2) is 16.6 Å². The van der Waals surface area contributed by atoms with Crippen LogP contribution in [0.4, 0.5) is 5.69 Å². The van der Waals surface area contributed by atoms with E-state index < -0.39 is 15.3 Å². The molecule has 0 bridgehead atoms. The maximum atomic E-state index is 11.8. The molecule has 0 heterocycles. The van der Waals surface area contributed by atoms with Crippen molar-refractivity contribution in [1.29, 1.82) is 5.26 Å². The van der Waals surface area contributed by atoms with Crippen molar-refractivity contribution in [3.8, 4) is 6.07 Å². The van der Waals surface area contributed by atoms with Gasteiger partial charge in [0.2, 0.25) is 10.0 Å². The summed E-state index contributed by atoms with van der Waals surface area (Å²) < 4.78 is 26.9. The summed E-state index contributed by atoms with van der Waals surface area (Å²) in [7, 11) is -3.65. The van der Waals surface area contributed by atoms with Crippen LogP contribution in [-0.2, 0) is 10.0 Å². The molecular weight excluding hydrogens is 304 g/mol. The largest absolute Gasteiger partial charge is 0.282 e. The Balaban J connectivity index is 3.18. The first-order valence-electron chi connectivity index (χ1n) is 4.96. The summed E-state index contributed by atoms with van der Waals surface area (Å²) in [6.45, 7) is 4.98. The minimum atomic E-state index is -3.65. The van der Waals surface area contributed by atoms with Gasteiger partial charge < -0.3 is 0 Å². The van der Waals surface area contributed by atoms with Crippen molar-refractivity contribution in [2.45, 2.75) is 26.0 Å². The zero-order valence-electron chi connectivity index (χ0n) is 9.78. The smallest absolute Gasteiger partial charge is 0.248 e. The number of rotatable bonds is 3. The average molecular weight is 317 g/mol. The van der Waals surface area contributed by atoms with Crippen LogP contribution in [0.1, 0.15) is 18.1 Å². The molecule has 1 atom stereocenters. The number of nitrogens with zero attached hydrogens (tertiary/aromatic N) is 1. The number of sulfonamides is 1. The molecule has 1 N–H and O–H groups in total. The van der Waals surface area contributed by atoms with Gasteiger partial charge in [0.25, 0.3) is 0 Å². The Morgan fingerprint density at radius 1 is 1.35 bits per heavy atom. The first-order chi connectivity index (χ1) is 7.77. The van der Waals surface area contributed by atoms with Gasteiger partial charge in [0.1, 0.15) is 0 Å². The van der Waals surface area contributed by atoms with Crippen molar-refractivity contribution in [2.24, 2.45) is 0 Å². The highest BCUT2D eigenvalue weighted by Gasteiger charge is 2.21. The molecule has 6 heteroatoms. The molecule has 0 fully saturated rings. The molecule has 0 saturated carbocycles. The molecule has 1 aromatic rings. The molecule has 1 aromatic carbocycles. The molecule has 17 heavy (non-hydrogen) atoms. The van der Waals surface area contributed by atoms with Crippen LogP contribution in [0.3, 0.4) is 0 Å². The van der Waals surface area contributed by atoms with E-state index in [0.717, 1.165) is 15.6 Å². The average Bonchev–Trinajstić information content (AvgIpc) is 2.22. The summed E-state index contributed by atoms with van der Waals surface area (Å²) in [6.07, 6.45) is 0. The van der Waals surface area contributed by atoms with E-state index in [9.17, 15) is 8.42 Å². The lowest BCUT2D eigenvalue weighted by Crippen LogP contribution is -2.24. The number of aryl methyl sites for hydroxylation is 2. The first-order valence-corrected chi connectivity index (χ1v) is 7.30. The highest BCUT2D eigenvalue weighted by Crippen LogP contribution is 2.26. The number of nitrogens with one attached hydrogen (secondary N) is 1. The van der Waals surface area contributed by atoms with Gasteiger partial charge in [0.05, 0.1) is 11.8 Å². The minimum absolute atomic E-state index is 0.537. The van der Waals surface area contributed by atoms with E-state index in [1.54, 1.807) is 6.07 Å². The maximum absolute atomic E-state index is 11.8. The van der Waals surface area contributed by atoms with Gasteiger partial charge in [-0.1, -0.05) is 15.9 Å². The van der Waals surface area contributed by atoms with Gasteiger partial charge in [-0.15, -0.1) is 0 Å². The topological polar surface area (TPSA) is 70.0 Å². The highest BCUT2D eigenvalue weighted by molar-refractivity contribution is 9.10. The van der Waals surface area contributed by atoms with Crippen LogP contribution in [0.2, 0.25) is 0 Å². The molecule has 4 nitrogen and oxygen atoms in total. The molecule has 92 valence electrons. The number of hydrogen-bond donors (Lipinski definition) is 1. The summed E-state index contributed by atoms with van der Waals surface area (Å²) >= 11 is 3.34. The van der Waals surface area contributed by atoms with Crippen molar-refractivity contribution in [1.82, 2.24) is 0 Å².